The monoisotopic (exact) mass is 421 g/mol. The van der Waals surface area contributed by atoms with Crippen LogP contribution in [0.15, 0.2) is 23.1 Å². The van der Waals surface area contributed by atoms with Crippen LogP contribution in [0.25, 0.3) is 0 Å². The van der Waals surface area contributed by atoms with Crippen LogP contribution < -0.4 is 4.90 Å². The van der Waals surface area contributed by atoms with Crippen LogP contribution in [0.1, 0.15) is 59.5 Å². The number of benzene rings is 1. The quantitative estimate of drug-likeness (QED) is 0.711. The summed E-state index contributed by atoms with van der Waals surface area (Å²) in [4.78, 5) is 20.3. The lowest BCUT2D eigenvalue weighted by Gasteiger charge is -2.20. The molecule has 0 saturated carbocycles. The molecule has 0 aliphatic carbocycles. The van der Waals surface area contributed by atoms with Crippen molar-refractivity contribution in [2.24, 2.45) is 0 Å². The highest BCUT2D eigenvalue weighted by Gasteiger charge is 2.30. The Morgan fingerprint density at radius 2 is 1.96 bits per heavy atom. The second kappa shape index (κ2) is 7.93. The first-order valence-corrected chi connectivity index (χ1v) is 11.9. The van der Waals surface area contributed by atoms with E-state index in [0.29, 0.717) is 35.8 Å². The van der Waals surface area contributed by atoms with E-state index in [1.165, 1.54) is 15.6 Å². The Bertz CT molecular complexity index is 992. The van der Waals surface area contributed by atoms with Crippen molar-refractivity contribution in [3.63, 3.8) is 0 Å². The van der Waals surface area contributed by atoms with Crippen LogP contribution in [0.2, 0.25) is 0 Å². The van der Waals surface area contributed by atoms with Gasteiger partial charge in [-0.25, -0.2) is 13.4 Å². The molecule has 1 amide bonds. The molecule has 2 heterocycles. The number of aryl methyl sites for hydroxylation is 1. The number of nitrogens with zero attached hydrogens (tertiary/aromatic N) is 3. The number of fused-ring (bicyclic) bond motifs is 1. The summed E-state index contributed by atoms with van der Waals surface area (Å²) in [6.45, 7) is 11.1. The zero-order valence-corrected chi connectivity index (χ0v) is 18.7. The highest BCUT2D eigenvalue weighted by molar-refractivity contribution is 7.89. The maximum Gasteiger partial charge on any atom is 0.270 e. The van der Waals surface area contributed by atoms with E-state index in [-0.39, 0.29) is 11.8 Å². The van der Waals surface area contributed by atoms with Gasteiger partial charge in [-0.3, -0.25) is 4.79 Å². The van der Waals surface area contributed by atoms with Gasteiger partial charge in [-0.2, -0.15) is 4.31 Å². The number of anilines is 1. The molecule has 28 heavy (non-hydrogen) atoms. The van der Waals surface area contributed by atoms with Gasteiger partial charge >= 0.3 is 0 Å². The normalized spacial score (nSPS) is 14.2. The van der Waals surface area contributed by atoms with Crippen LogP contribution in [0.3, 0.4) is 0 Å². The number of sulfonamides is 1. The van der Waals surface area contributed by atoms with Gasteiger partial charge in [0.15, 0.2) is 0 Å². The van der Waals surface area contributed by atoms with Gasteiger partial charge in [0.05, 0.1) is 15.6 Å². The number of hydrogen-bond acceptors (Lipinski definition) is 5. The predicted octanol–water partition coefficient (Wildman–Crippen LogP) is 3.81. The Kier molecular flexibility index (Phi) is 5.93. The number of hydrogen-bond donors (Lipinski definition) is 0. The predicted molar refractivity (Wildman–Crippen MR) is 113 cm³/mol. The van der Waals surface area contributed by atoms with E-state index in [4.69, 9.17) is 0 Å². The topological polar surface area (TPSA) is 70.6 Å². The van der Waals surface area contributed by atoms with Gasteiger partial charge in [0.1, 0.15) is 4.88 Å². The third-order valence-corrected chi connectivity index (χ3v) is 8.53. The average molecular weight is 422 g/mol. The second-order valence-electron chi connectivity index (χ2n) is 7.21. The Hall–Kier alpha value is -1.77. The fraction of sp³-hybridized carbons (Fsp3) is 0.500. The molecule has 3 rings (SSSR count). The Morgan fingerprint density at radius 3 is 2.54 bits per heavy atom. The first-order valence-electron chi connectivity index (χ1n) is 9.62. The first kappa shape index (κ1) is 21.0. The summed E-state index contributed by atoms with van der Waals surface area (Å²) in [6.07, 6.45) is 0.650. The number of aromatic nitrogens is 1. The molecule has 0 N–H and O–H groups in total. The minimum absolute atomic E-state index is 0.0556. The highest BCUT2D eigenvalue weighted by Crippen LogP contribution is 2.34. The van der Waals surface area contributed by atoms with Gasteiger partial charge in [0.2, 0.25) is 10.0 Å². The van der Waals surface area contributed by atoms with Gasteiger partial charge in [0.25, 0.3) is 5.91 Å². The molecule has 2 aromatic rings. The molecule has 0 spiro atoms. The van der Waals surface area contributed by atoms with Crippen molar-refractivity contribution in [3.05, 3.63) is 39.3 Å². The molecular formula is C20H27N3O3S2. The molecule has 0 fully saturated rings. The highest BCUT2D eigenvalue weighted by atomic mass is 32.2. The van der Waals surface area contributed by atoms with E-state index in [2.05, 4.69) is 18.8 Å². The lowest BCUT2D eigenvalue weighted by atomic mass is 10.2. The van der Waals surface area contributed by atoms with E-state index >= 15 is 0 Å². The van der Waals surface area contributed by atoms with Crippen molar-refractivity contribution < 1.29 is 13.2 Å². The van der Waals surface area contributed by atoms with Crippen LogP contribution in [-0.4, -0.2) is 43.2 Å². The van der Waals surface area contributed by atoms with E-state index in [9.17, 15) is 13.2 Å². The molecule has 0 saturated heterocycles. The molecule has 0 radical (unpaired) electrons. The van der Waals surface area contributed by atoms with Crippen molar-refractivity contribution in [1.29, 1.82) is 0 Å². The van der Waals surface area contributed by atoms with Gasteiger partial charge in [-0.1, -0.05) is 27.7 Å². The van der Waals surface area contributed by atoms with Crippen LogP contribution in [-0.2, 0) is 16.4 Å². The van der Waals surface area contributed by atoms with Crippen molar-refractivity contribution >= 4 is 33.0 Å². The van der Waals surface area contributed by atoms with E-state index in [1.807, 2.05) is 20.8 Å². The summed E-state index contributed by atoms with van der Waals surface area (Å²) in [7, 11) is -3.50. The molecule has 1 aromatic carbocycles. The fourth-order valence-corrected chi connectivity index (χ4v) is 5.97. The van der Waals surface area contributed by atoms with Gasteiger partial charge in [-0.15, -0.1) is 11.3 Å². The minimum Gasteiger partial charge on any atom is -0.307 e. The summed E-state index contributed by atoms with van der Waals surface area (Å²) < 4.78 is 27.0. The second-order valence-corrected chi connectivity index (χ2v) is 10.2. The van der Waals surface area contributed by atoms with Gasteiger partial charge < -0.3 is 4.90 Å². The third kappa shape index (κ3) is 3.60. The number of rotatable bonds is 6. The maximum atomic E-state index is 13.1. The number of thiazole rings is 1. The SMILES string of the molecule is CCN(CC)S(=O)(=O)c1ccc2c(c1)CCN2C(=O)c1sc(C(C)C)nc1C. The zero-order chi connectivity index (χ0) is 20.6. The minimum atomic E-state index is -3.50. The molecule has 0 bridgehead atoms. The van der Waals surface area contributed by atoms with Crippen molar-refractivity contribution in [2.75, 3.05) is 24.5 Å². The average Bonchev–Trinajstić information content (AvgIpc) is 3.25. The van der Waals surface area contributed by atoms with Crippen LogP contribution in [0.4, 0.5) is 5.69 Å². The van der Waals surface area contributed by atoms with Crippen LogP contribution in [0.5, 0.6) is 0 Å². The van der Waals surface area contributed by atoms with Crippen molar-refractivity contribution in [3.8, 4) is 0 Å². The summed E-state index contributed by atoms with van der Waals surface area (Å²) >= 11 is 1.45. The molecule has 1 aliphatic rings. The third-order valence-electron chi connectivity index (χ3n) is 5.04. The Labute approximate surface area is 171 Å². The maximum absolute atomic E-state index is 13.1. The standard InChI is InChI=1S/C20H27N3O3S2/c1-6-22(7-2)28(25,26)16-8-9-17-15(12-16)10-11-23(17)20(24)18-14(5)21-19(27-18)13(3)4/h8-9,12-13H,6-7,10-11H2,1-5H3. The van der Waals surface area contributed by atoms with Crippen molar-refractivity contribution in [1.82, 2.24) is 9.29 Å². The Balaban J connectivity index is 1.92. The summed E-state index contributed by atoms with van der Waals surface area (Å²) in [6, 6.07) is 5.09. The molecule has 1 aliphatic heterocycles. The lowest BCUT2D eigenvalue weighted by molar-refractivity contribution is 0.0992. The smallest absolute Gasteiger partial charge is 0.270 e. The number of amides is 1. The Morgan fingerprint density at radius 1 is 1.29 bits per heavy atom. The molecule has 0 unspecified atom stereocenters. The van der Waals surface area contributed by atoms with Crippen molar-refractivity contribution in [2.45, 2.75) is 51.9 Å². The number of carbonyl (C=O) groups is 1. The number of carbonyl (C=O) groups excluding carboxylic acids is 1. The molecule has 0 atom stereocenters. The summed E-state index contributed by atoms with van der Waals surface area (Å²) in [5, 5.41) is 0.959. The fourth-order valence-electron chi connectivity index (χ4n) is 3.45. The van der Waals surface area contributed by atoms with E-state index in [1.54, 1.807) is 23.1 Å². The first-order chi connectivity index (χ1) is 13.2. The summed E-state index contributed by atoms with van der Waals surface area (Å²) in [5.74, 6) is 0.226. The van der Waals surface area contributed by atoms with Crippen LogP contribution in [0, 0.1) is 6.92 Å². The zero-order valence-electron chi connectivity index (χ0n) is 17.0. The van der Waals surface area contributed by atoms with Gasteiger partial charge in [0, 0.05) is 31.2 Å². The molecular weight excluding hydrogens is 394 g/mol. The molecule has 1 aromatic heterocycles. The largest absolute Gasteiger partial charge is 0.307 e. The lowest BCUT2D eigenvalue weighted by Crippen LogP contribution is -2.30. The van der Waals surface area contributed by atoms with Gasteiger partial charge in [-0.05, 0) is 37.1 Å². The molecule has 152 valence electrons. The van der Waals surface area contributed by atoms with E-state index < -0.39 is 10.0 Å². The molecule has 8 heteroatoms. The summed E-state index contributed by atoms with van der Waals surface area (Å²) in [5.41, 5.74) is 2.45. The molecule has 6 nitrogen and oxygen atoms in total. The van der Waals surface area contributed by atoms with Crippen LogP contribution >= 0.6 is 11.3 Å². The van der Waals surface area contributed by atoms with E-state index in [0.717, 1.165) is 22.0 Å².